The molecule has 0 saturated heterocycles. The van der Waals surface area contributed by atoms with Gasteiger partial charge in [-0.15, -0.1) is 5.10 Å². The Morgan fingerprint density at radius 3 is 2.90 bits per heavy atom. The average molecular weight is 287 g/mol. The molecule has 8 nitrogen and oxygen atoms in total. The van der Waals surface area contributed by atoms with E-state index in [1.165, 1.54) is 6.26 Å². The van der Waals surface area contributed by atoms with Gasteiger partial charge in [-0.2, -0.15) is 5.10 Å². The van der Waals surface area contributed by atoms with Crippen molar-refractivity contribution in [2.24, 2.45) is 0 Å². The lowest BCUT2D eigenvalue weighted by Crippen LogP contribution is -2.19. The van der Waals surface area contributed by atoms with E-state index in [-0.39, 0.29) is 23.9 Å². The van der Waals surface area contributed by atoms with Crippen molar-refractivity contribution in [3.05, 3.63) is 36.4 Å². The minimum Gasteiger partial charge on any atom is -0.459 e. The topological polar surface area (TPSA) is 99.0 Å². The quantitative estimate of drug-likeness (QED) is 0.790. The van der Waals surface area contributed by atoms with Gasteiger partial charge >= 0.3 is 6.01 Å². The molecule has 1 amide bonds. The van der Waals surface area contributed by atoms with E-state index >= 15 is 0 Å². The number of amides is 1. The van der Waals surface area contributed by atoms with Gasteiger partial charge in [0.05, 0.1) is 6.26 Å². The Bertz CT molecular complexity index is 742. The Morgan fingerprint density at radius 2 is 2.19 bits per heavy atom. The van der Waals surface area contributed by atoms with E-state index in [1.807, 2.05) is 13.8 Å². The van der Waals surface area contributed by atoms with Gasteiger partial charge < -0.3 is 8.83 Å². The average Bonchev–Trinajstić information content (AvgIpc) is 3.19. The molecule has 0 saturated carbocycles. The summed E-state index contributed by atoms with van der Waals surface area (Å²) in [6.07, 6.45) is 3.07. The molecule has 0 spiro atoms. The zero-order valence-electron chi connectivity index (χ0n) is 11.5. The third kappa shape index (κ3) is 2.55. The van der Waals surface area contributed by atoms with Crippen molar-refractivity contribution in [1.82, 2.24) is 20.0 Å². The second-order valence-corrected chi connectivity index (χ2v) is 4.60. The Balaban J connectivity index is 1.78. The van der Waals surface area contributed by atoms with Crippen molar-refractivity contribution < 1.29 is 13.6 Å². The second-order valence-electron chi connectivity index (χ2n) is 4.60. The van der Waals surface area contributed by atoms with Crippen LogP contribution >= 0.6 is 0 Å². The fraction of sp³-hybridized carbons (Fsp3) is 0.231. The highest BCUT2D eigenvalue weighted by Gasteiger charge is 2.17. The monoisotopic (exact) mass is 287 g/mol. The zero-order chi connectivity index (χ0) is 14.8. The van der Waals surface area contributed by atoms with Gasteiger partial charge in [-0.05, 0) is 32.0 Å². The van der Waals surface area contributed by atoms with Crippen molar-refractivity contribution in [3.8, 4) is 11.7 Å². The molecular weight excluding hydrogens is 274 g/mol. The van der Waals surface area contributed by atoms with E-state index in [1.54, 1.807) is 29.1 Å². The number of anilines is 1. The third-order valence-corrected chi connectivity index (χ3v) is 2.77. The zero-order valence-corrected chi connectivity index (χ0v) is 11.5. The van der Waals surface area contributed by atoms with Crippen LogP contribution in [0.25, 0.3) is 11.7 Å². The molecule has 0 radical (unpaired) electrons. The van der Waals surface area contributed by atoms with E-state index in [9.17, 15) is 4.79 Å². The number of aromatic nitrogens is 4. The lowest BCUT2D eigenvalue weighted by molar-refractivity contribution is 0.101. The van der Waals surface area contributed by atoms with Crippen molar-refractivity contribution in [2.75, 3.05) is 5.32 Å². The highest BCUT2D eigenvalue weighted by molar-refractivity contribution is 6.01. The summed E-state index contributed by atoms with van der Waals surface area (Å²) in [7, 11) is 0. The Kier molecular flexibility index (Phi) is 3.27. The second kappa shape index (κ2) is 5.23. The molecule has 0 aliphatic heterocycles. The molecule has 0 aromatic carbocycles. The summed E-state index contributed by atoms with van der Waals surface area (Å²) in [6.45, 7) is 3.87. The molecule has 3 aromatic rings. The molecule has 8 heteroatoms. The van der Waals surface area contributed by atoms with Gasteiger partial charge in [-0.25, -0.2) is 0 Å². The summed E-state index contributed by atoms with van der Waals surface area (Å²) in [5.74, 6) is 0.277. The smallest absolute Gasteiger partial charge is 0.322 e. The Morgan fingerprint density at radius 1 is 1.33 bits per heavy atom. The maximum absolute atomic E-state index is 12.2. The van der Waals surface area contributed by atoms with Crippen LogP contribution < -0.4 is 5.32 Å². The molecule has 3 heterocycles. The fourth-order valence-electron chi connectivity index (χ4n) is 1.84. The van der Waals surface area contributed by atoms with E-state index < -0.39 is 0 Å². The van der Waals surface area contributed by atoms with Crippen LogP contribution in [-0.2, 0) is 0 Å². The predicted molar refractivity (Wildman–Crippen MR) is 72.6 cm³/mol. The van der Waals surface area contributed by atoms with Crippen LogP contribution in [0.5, 0.6) is 0 Å². The summed E-state index contributed by atoms with van der Waals surface area (Å²) < 4.78 is 12.1. The van der Waals surface area contributed by atoms with Gasteiger partial charge in [0.2, 0.25) is 0 Å². The molecule has 0 unspecified atom stereocenters. The van der Waals surface area contributed by atoms with Crippen LogP contribution in [0.4, 0.5) is 6.01 Å². The fourth-order valence-corrected chi connectivity index (χ4v) is 1.84. The van der Waals surface area contributed by atoms with Crippen LogP contribution in [0.2, 0.25) is 0 Å². The largest absolute Gasteiger partial charge is 0.459 e. The SMILES string of the molecule is CC(C)n1nccc1C(=O)Nc1nnc(-c2ccco2)o1. The van der Waals surface area contributed by atoms with E-state index in [0.717, 1.165) is 0 Å². The van der Waals surface area contributed by atoms with Crippen molar-refractivity contribution in [2.45, 2.75) is 19.9 Å². The number of nitrogens with one attached hydrogen (secondary N) is 1. The lowest BCUT2D eigenvalue weighted by Gasteiger charge is -2.09. The highest BCUT2D eigenvalue weighted by atomic mass is 16.4. The van der Waals surface area contributed by atoms with Gasteiger partial charge in [-0.3, -0.25) is 14.8 Å². The lowest BCUT2D eigenvalue weighted by atomic mass is 10.3. The number of hydrogen-bond donors (Lipinski definition) is 1. The standard InChI is InChI=1S/C13H13N5O3/c1-8(2)18-9(5-6-14-18)11(19)15-13-17-16-12(21-13)10-4-3-7-20-10/h3-8H,1-2H3,(H,15,17,19). The summed E-state index contributed by atoms with van der Waals surface area (Å²) in [5.41, 5.74) is 0.419. The molecule has 0 aliphatic rings. The van der Waals surface area contributed by atoms with Crippen LogP contribution in [0.15, 0.2) is 39.5 Å². The van der Waals surface area contributed by atoms with Gasteiger partial charge in [0, 0.05) is 12.2 Å². The molecule has 3 aromatic heterocycles. The van der Waals surface area contributed by atoms with Gasteiger partial charge in [0.1, 0.15) is 5.69 Å². The van der Waals surface area contributed by atoms with E-state index in [4.69, 9.17) is 8.83 Å². The molecule has 21 heavy (non-hydrogen) atoms. The first-order valence-corrected chi connectivity index (χ1v) is 6.37. The van der Waals surface area contributed by atoms with Gasteiger partial charge in [0.25, 0.3) is 11.8 Å². The maximum Gasteiger partial charge on any atom is 0.322 e. The molecule has 108 valence electrons. The first-order valence-electron chi connectivity index (χ1n) is 6.37. The number of carbonyl (C=O) groups excluding carboxylic acids is 1. The maximum atomic E-state index is 12.2. The first-order chi connectivity index (χ1) is 10.1. The van der Waals surface area contributed by atoms with E-state index in [2.05, 4.69) is 20.6 Å². The van der Waals surface area contributed by atoms with Gasteiger partial charge in [-0.1, -0.05) is 5.10 Å². The van der Waals surface area contributed by atoms with Crippen molar-refractivity contribution in [3.63, 3.8) is 0 Å². The van der Waals surface area contributed by atoms with Crippen molar-refractivity contribution in [1.29, 1.82) is 0 Å². The molecule has 0 aliphatic carbocycles. The number of carbonyl (C=O) groups is 1. The summed E-state index contributed by atoms with van der Waals surface area (Å²) in [4.78, 5) is 12.2. The Labute approximate surface area is 119 Å². The molecule has 0 fully saturated rings. The number of hydrogen-bond acceptors (Lipinski definition) is 6. The van der Waals surface area contributed by atoms with Crippen molar-refractivity contribution >= 4 is 11.9 Å². The molecule has 3 rings (SSSR count). The minimum atomic E-state index is -0.365. The van der Waals surface area contributed by atoms with Crippen LogP contribution in [0.1, 0.15) is 30.4 Å². The summed E-state index contributed by atoms with van der Waals surface area (Å²) in [6, 6.07) is 5.09. The molecule has 1 N–H and O–H groups in total. The van der Waals surface area contributed by atoms with Crippen LogP contribution in [0, 0.1) is 0 Å². The Hall–Kier alpha value is -2.90. The number of nitrogens with zero attached hydrogens (tertiary/aromatic N) is 4. The number of furan rings is 1. The number of rotatable bonds is 4. The molecule has 0 bridgehead atoms. The third-order valence-electron chi connectivity index (χ3n) is 2.77. The van der Waals surface area contributed by atoms with Crippen LogP contribution in [0.3, 0.4) is 0 Å². The molecular formula is C13H13N5O3. The first kappa shape index (κ1) is 13.1. The predicted octanol–water partition coefficient (Wildman–Crippen LogP) is 2.36. The highest BCUT2D eigenvalue weighted by Crippen LogP contribution is 2.20. The van der Waals surface area contributed by atoms with E-state index in [0.29, 0.717) is 11.5 Å². The van der Waals surface area contributed by atoms with Gasteiger partial charge in [0.15, 0.2) is 5.76 Å². The summed E-state index contributed by atoms with van der Waals surface area (Å²) >= 11 is 0. The van der Waals surface area contributed by atoms with Crippen LogP contribution in [-0.4, -0.2) is 25.9 Å². The normalized spacial score (nSPS) is 11.0. The summed E-state index contributed by atoms with van der Waals surface area (Å²) in [5, 5.41) is 14.2. The molecule has 0 atom stereocenters. The minimum absolute atomic E-state index is 0.00269.